The van der Waals surface area contributed by atoms with Crippen molar-refractivity contribution < 1.29 is 14.6 Å². The first kappa shape index (κ1) is 15.6. The van der Waals surface area contributed by atoms with Crippen LogP contribution in [0.15, 0.2) is 0 Å². The molecule has 2 fully saturated rings. The highest BCUT2D eigenvalue weighted by Gasteiger charge is 2.41. The van der Waals surface area contributed by atoms with E-state index in [4.69, 9.17) is 9.84 Å². The van der Waals surface area contributed by atoms with Crippen molar-refractivity contribution in [1.82, 2.24) is 10.2 Å². The molecule has 0 radical (unpaired) electrons. The van der Waals surface area contributed by atoms with Crippen molar-refractivity contribution in [2.45, 2.75) is 46.1 Å². The molecule has 116 valence electrons. The Balaban J connectivity index is 1.95. The topological polar surface area (TPSA) is 61.8 Å². The molecule has 0 saturated carbocycles. The van der Waals surface area contributed by atoms with Crippen LogP contribution in [0, 0.1) is 10.8 Å². The van der Waals surface area contributed by atoms with Crippen LogP contribution in [-0.4, -0.2) is 55.0 Å². The molecule has 0 aromatic rings. The summed E-state index contributed by atoms with van der Waals surface area (Å²) in [5, 5.41) is 11.4. The summed E-state index contributed by atoms with van der Waals surface area (Å²) in [6.45, 7) is 11.0. The summed E-state index contributed by atoms with van der Waals surface area (Å²) < 4.78 is 5.57. The molecular weight excluding hydrogens is 256 g/mol. The average molecular weight is 284 g/mol. The van der Waals surface area contributed by atoms with E-state index in [-0.39, 0.29) is 11.5 Å². The molecule has 1 spiro atoms. The number of likely N-dealkylation sites (tertiary alicyclic amines) is 1. The summed E-state index contributed by atoms with van der Waals surface area (Å²) in [7, 11) is 0. The summed E-state index contributed by atoms with van der Waals surface area (Å²) in [4.78, 5) is 13.2. The molecular formula is C15H28N2O3. The quantitative estimate of drug-likeness (QED) is 0.834. The number of amides is 1. The minimum absolute atomic E-state index is 0.0686. The number of ether oxygens (including phenoxy) is 1. The number of hydrogen-bond acceptors (Lipinski definition) is 3. The van der Waals surface area contributed by atoms with Crippen molar-refractivity contribution in [3.63, 3.8) is 0 Å². The maximum atomic E-state index is 10.8. The minimum Gasteiger partial charge on any atom is -0.465 e. The van der Waals surface area contributed by atoms with Gasteiger partial charge in [-0.3, -0.25) is 4.90 Å². The standard InChI is InChI=1S/C15H28N2O3/c1-14(2,3)12(10-16-13(18)19)17-7-4-15(5-8-17)6-9-20-11-15/h12,16H,4-11H2,1-3H3,(H,18,19). The molecule has 2 heterocycles. The SMILES string of the molecule is CC(C)(C)C(CNC(=O)O)N1CCC2(CCOC2)CC1. The molecule has 0 bridgehead atoms. The zero-order chi connectivity index (χ0) is 14.8. The molecule has 0 aliphatic carbocycles. The fourth-order valence-electron chi connectivity index (χ4n) is 3.52. The van der Waals surface area contributed by atoms with E-state index < -0.39 is 6.09 Å². The number of piperidine rings is 1. The molecule has 2 rings (SSSR count). The summed E-state index contributed by atoms with van der Waals surface area (Å²) >= 11 is 0. The van der Waals surface area contributed by atoms with Gasteiger partial charge in [0.25, 0.3) is 0 Å². The highest BCUT2D eigenvalue weighted by atomic mass is 16.5. The van der Waals surface area contributed by atoms with Gasteiger partial charge in [0.2, 0.25) is 0 Å². The largest absolute Gasteiger partial charge is 0.465 e. The lowest BCUT2D eigenvalue weighted by molar-refractivity contribution is 0.0241. The molecule has 5 heteroatoms. The lowest BCUT2D eigenvalue weighted by Gasteiger charge is -2.46. The van der Waals surface area contributed by atoms with Gasteiger partial charge >= 0.3 is 6.09 Å². The van der Waals surface area contributed by atoms with Crippen molar-refractivity contribution in [1.29, 1.82) is 0 Å². The second kappa shape index (κ2) is 5.90. The second-order valence-corrected chi connectivity index (χ2v) is 7.41. The van der Waals surface area contributed by atoms with Crippen LogP contribution < -0.4 is 5.32 Å². The van der Waals surface area contributed by atoms with E-state index in [1.165, 1.54) is 19.3 Å². The molecule has 1 unspecified atom stereocenters. The third-order valence-electron chi connectivity index (χ3n) is 4.93. The number of carbonyl (C=O) groups is 1. The van der Waals surface area contributed by atoms with E-state index >= 15 is 0 Å². The number of rotatable bonds is 3. The van der Waals surface area contributed by atoms with Crippen LogP contribution in [0.1, 0.15) is 40.0 Å². The van der Waals surface area contributed by atoms with Crippen LogP contribution in [0.4, 0.5) is 4.79 Å². The maximum Gasteiger partial charge on any atom is 0.404 e. The molecule has 2 aliphatic heterocycles. The predicted octanol–water partition coefficient (Wildman–Crippen LogP) is 2.17. The van der Waals surface area contributed by atoms with Crippen molar-refractivity contribution >= 4 is 6.09 Å². The second-order valence-electron chi connectivity index (χ2n) is 7.41. The lowest BCUT2D eigenvalue weighted by atomic mass is 9.76. The van der Waals surface area contributed by atoms with Gasteiger partial charge in [-0.05, 0) is 43.2 Å². The Kier molecular flexibility index (Phi) is 4.59. The fourth-order valence-corrected chi connectivity index (χ4v) is 3.52. The number of carboxylic acid groups (broad SMARTS) is 1. The normalized spacial score (nSPS) is 24.8. The van der Waals surface area contributed by atoms with Gasteiger partial charge in [-0.15, -0.1) is 0 Å². The van der Waals surface area contributed by atoms with Crippen LogP contribution in [0.2, 0.25) is 0 Å². The van der Waals surface area contributed by atoms with Crippen molar-refractivity contribution in [3.05, 3.63) is 0 Å². The van der Waals surface area contributed by atoms with Crippen LogP contribution in [-0.2, 0) is 4.74 Å². The zero-order valence-corrected chi connectivity index (χ0v) is 12.9. The van der Waals surface area contributed by atoms with Gasteiger partial charge in [-0.2, -0.15) is 0 Å². The van der Waals surface area contributed by atoms with Crippen LogP contribution in [0.25, 0.3) is 0 Å². The van der Waals surface area contributed by atoms with E-state index in [0.29, 0.717) is 12.0 Å². The Labute approximate surface area is 121 Å². The summed E-state index contributed by atoms with van der Waals surface area (Å²) in [6, 6.07) is 0.248. The monoisotopic (exact) mass is 284 g/mol. The van der Waals surface area contributed by atoms with Crippen LogP contribution >= 0.6 is 0 Å². The average Bonchev–Trinajstić information content (AvgIpc) is 2.78. The van der Waals surface area contributed by atoms with Crippen molar-refractivity contribution in [3.8, 4) is 0 Å². The van der Waals surface area contributed by atoms with Gasteiger partial charge in [0.1, 0.15) is 0 Å². The van der Waals surface area contributed by atoms with Gasteiger partial charge in [0.05, 0.1) is 6.61 Å². The Bertz CT molecular complexity index is 336. The molecule has 1 atom stereocenters. The third-order valence-corrected chi connectivity index (χ3v) is 4.93. The lowest BCUT2D eigenvalue weighted by Crippen LogP contribution is -2.54. The van der Waals surface area contributed by atoms with E-state index in [1.54, 1.807) is 0 Å². The van der Waals surface area contributed by atoms with Gasteiger partial charge in [-0.1, -0.05) is 20.8 Å². The molecule has 0 aromatic carbocycles. The van der Waals surface area contributed by atoms with Gasteiger partial charge in [-0.25, -0.2) is 4.79 Å². The predicted molar refractivity (Wildman–Crippen MR) is 77.9 cm³/mol. The molecule has 0 aromatic heterocycles. The van der Waals surface area contributed by atoms with Gasteiger partial charge in [0.15, 0.2) is 0 Å². The molecule has 2 saturated heterocycles. The Morgan fingerprint density at radius 3 is 2.45 bits per heavy atom. The highest BCUT2D eigenvalue weighted by Crippen LogP contribution is 2.40. The highest BCUT2D eigenvalue weighted by molar-refractivity contribution is 5.64. The molecule has 1 amide bonds. The van der Waals surface area contributed by atoms with E-state index in [0.717, 1.165) is 26.3 Å². The number of hydrogen-bond donors (Lipinski definition) is 2. The third kappa shape index (κ3) is 3.64. The van der Waals surface area contributed by atoms with Crippen LogP contribution in [0.3, 0.4) is 0 Å². The van der Waals surface area contributed by atoms with Gasteiger partial charge in [0, 0.05) is 19.2 Å². The Morgan fingerprint density at radius 2 is 2.00 bits per heavy atom. The first-order chi connectivity index (χ1) is 9.32. The molecule has 5 nitrogen and oxygen atoms in total. The summed E-state index contributed by atoms with van der Waals surface area (Å²) in [5.74, 6) is 0. The van der Waals surface area contributed by atoms with Crippen molar-refractivity contribution in [2.24, 2.45) is 10.8 Å². The molecule has 2 N–H and O–H groups in total. The molecule has 2 aliphatic rings. The first-order valence-electron chi connectivity index (χ1n) is 7.61. The van der Waals surface area contributed by atoms with E-state index in [9.17, 15) is 4.79 Å². The number of nitrogens with zero attached hydrogens (tertiary/aromatic N) is 1. The van der Waals surface area contributed by atoms with Crippen LogP contribution in [0.5, 0.6) is 0 Å². The minimum atomic E-state index is -0.933. The van der Waals surface area contributed by atoms with E-state index in [2.05, 4.69) is 31.0 Å². The Morgan fingerprint density at radius 1 is 1.35 bits per heavy atom. The van der Waals surface area contributed by atoms with Gasteiger partial charge < -0.3 is 15.2 Å². The van der Waals surface area contributed by atoms with E-state index in [1.807, 2.05) is 0 Å². The fraction of sp³-hybridized carbons (Fsp3) is 0.933. The maximum absolute atomic E-state index is 10.8. The summed E-state index contributed by atoms with van der Waals surface area (Å²) in [6.07, 6.45) is 2.60. The smallest absolute Gasteiger partial charge is 0.404 e. The first-order valence-corrected chi connectivity index (χ1v) is 7.61. The summed E-state index contributed by atoms with van der Waals surface area (Å²) in [5.41, 5.74) is 0.471. The molecule has 20 heavy (non-hydrogen) atoms. The van der Waals surface area contributed by atoms with Crippen molar-refractivity contribution in [2.75, 3.05) is 32.8 Å². The Hall–Kier alpha value is -0.810. The zero-order valence-electron chi connectivity index (χ0n) is 12.9. The number of nitrogens with one attached hydrogen (secondary N) is 1.